The molecule has 1 aliphatic heterocycles. The molecule has 0 fully saturated rings. The zero-order chi connectivity index (χ0) is 11.1. The molecule has 92 valence electrons. The molecule has 0 aromatic carbocycles. The number of alkyl halides is 3. The Morgan fingerprint density at radius 2 is 1.75 bits per heavy atom. The molecule has 0 spiro atoms. The monoisotopic (exact) mass is 256 g/mol. The van der Waals surface area contributed by atoms with Gasteiger partial charge < -0.3 is 4.90 Å². The van der Waals surface area contributed by atoms with Crippen molar-refractivity contribution in [1.29, 1.82) is 0 Å². The number of anilines is 1. The lowest BCUT2D eigenvalue weighted by Crippen LogP contribution is -2.21. The molecule has 4 nitrogen and oxygen atoms in total. The molecule has 8 heteroatoms. The van der Waals surface area contributed by atoms with Gasteiger partial charge in [0, 0.05) is 20.1 Å². The zero-order valence-electron chi connectivity index (χ0n) is 8.66. The van der Waals surface area contributed by atoms with Gasteiger partial charge in [-0.25, -0.2) is 0 Å². The SMILES string of the molecule is CN1CCCCn2c1nnc2C(F)(F)F.Cl. The predicted octanol–water partition coefficient (Wildman–Crippen LogP) is 1.95. The third-order valence-corrected chi connectivity index (χ3v) is 2.45. The largest absolute Gasteiger partial charge is 0.451 e. The number of nitrogens with zero attached hydrogens (tertiary/aromatic N) is 4. The first kappa shape index (κ1) is 13.1. The highest BCUT2D eigenvalue weighted by molar-refractivity contribution is 5.85. The average molecular weight is 257 g/mol. The van der Waals surface area contributed by atoms with E-state index < -0.39 is 12.0 Å². The molecule has 0 radical (unpaired) electrons. The van der Waals surface area contributed by atoms with Crippen molar-refractivity contribution in [2.24, 2.45) is 0 Å². The summed E-state index contributed by atoms with van der Waals surface area (Å²) in [6.07, 6.45) is -2.83. The Balaban J connectivity index is 0.00000128. The van der Waals surface area contributed by atoms with Crippen molar-refractivity contribution in [2.45, 2.75) is 25.6 Å². The van der Waals surface area contributed by atoms with Crippen LogP contribution in [0.2, 0.25) is 0 Å². The molecule has 0 unspecified atom stereocenters. The smallest absolute Gasteiger partial charge is 0.344 e. The molecular weight excluding hydrogens is 245 g/mol. The Hall–Kier alpha value is -0.980. The van der Waals surface area contributed by atoms with Crippen LogP contribution in [-0.2, 0) is 12.7 Å². The van der Waals surface area contributed by atoms with Gasteiger partial charge in [-0.1, -0.05) is 0 Å². The molecule has 2 rings (SSSR count). The minimum absolute atomic E-state index is 0. The standard InChI is InChI=1S/C8H11F3N4.ClH/c1-14-4-2-3-5-15-6(8(9,10)11)12-13-7(14)15;/h2-5H2,1H3;1H. The maximum atomic E-state index is 12.5. The highest BCUT2D eigenvalue weighted by atomic mass is 35.5. The van der Waals surface area contributed by atoms with Crippen molar-refractivity contribution in [3.63, 3.8) is 0 Å². The molecule has 2 heterocycles. The average Bonchev–Trinajstić information content (AvgIpc) is 2.48. The fraction of sp³-hybridized carbons (Fsp3) is 0.750. The molecule has 0 bridgehead atoms. The first-order valence-corrected chi connectivity index (χ1v) is 4.71. The van der Waals surface area contributed by atoms with Crippen LogP contribution < -0.4 is 4.90 Å². The topological polar surface area (TPSA) is 34.0 Å². The van der Waals surface area contributed by atoms with Gasteiger partial charge in [0.05, 0.1) is 0 Å². The Morgan fingerprint density at radius 1 is 1.12 bits per heavy atom. The molecule has 0 N–H and O–H groups in total. The van der Waals surface area contributed by atoms with E-state index in [1.807, 2.05) is 0 Å². The van der Waals surface area contributed by atoms with Gasteiger partial charge in [-0.2, -0.15) is 13.2 Å². The third kappa shape index (κ3) is 2.23. The highest BCUT2D eigenvalue weighted by Gasteiger charge is 2.39. The number of fused-ring (bicyclic) bond motifs is 1. The second-order valence-electron chi connectivity index (χ2n) is 3.60. The molecule has 16 heavy (non-hydrogen) atoms. The van der Waals surface area contributed by atoms with E-state index in [4.69, 9.17) is 0 Å². The van der Waals surface area contributed by atoms with Crippen LogP contribution in [0.1, 0.15) is 18.7 Å². The van der Waals surface area contributed by atoms with Gasteiger partial charge in [-0.3, -0.25) is 4.57 Å². The van der Waals surface area contributed by atoms with E-state index in [2.05, 4.69) is 10.2 Å². The van der Waals surface area contributed by atoms with Gasteiger partial charge in [-0.05, 0) is 12.8 Å². The fourth-order valence-electron chi connectivity index (χ4n) is 1.71. The van der Waals surface area contributed by atoms with Crippen LogP contribution in [0.15, 0.2) is 0 Å². The van der Waals surface area contributed by atoms with E-state index in [0.717, 1.165) is 24.0 Å². The first-order valence-electron chi connectivity index (χ1n) is 4.71. The van der Waals surface area contributed by atoms with Crippen molar-refractivity contribution in [3.8, 4) is 0 Å². The number of aromatic nitrogens is 3. The van der Waals surface area contributed by atoms with E-state index in [9.17, 15) is 13.2 Å². The van der Waals surface area contributed by atoms with E-state index in [1.165, 1.54) is 0 Å². The quantitative estimate of drug-likeness (QED) is 0.712. The van der Waals surface area contributed by atoms with Gasteiger partial charge in [0.15, 0.2) is 0 Å². The van der Waals surface area contributed by atoms with Gasteiger partial charge >= 0.3 is 6.18 Å². The van der Waals surface area contributed by atoms with Gasteiger partial charge in [-0.15, -0.1) is 22.6 Å². The van der Waals surface area contributed by atoms with Crippen LogP contribution in [0.5, 0.6) is 0 Å². The number of rotatable bonds is 0. The molecule has 1 aromatic rings. The van der Waals surface area contributed by atoms with Crippen LogP contribution in [0, 0.1) is 0 Å². The molecular formula is C8H12ClF3N4. The Kier molecular flexibility index (Phi) is 3.67. The van der Waals surface area contributed by atoms with E-state index in [1.54, 1.807) is 11.9 Å². The maximum absolute atomic E-state index is 12.5. The molecule has 0 atom stereocenters. The molecule has 1 aromatic heterocycles. The minimum atomic E-state index is -4.42. The highest BCUT2D eigenvalue weighted by Crippen LogP contribution is 2.31. The van der Waals surface area contributed by atoms with Crippen LogP contribution in [0.3, 0.4) is 0 Å². The lowest BCUT2D eigenvalue weighted by Gasteiger charge is -2.15. The number of halogens is 4. The molecule has 0 saturated carbocycles. The third-order valence-electron chi connectivity index (χ3n) is 2.45. The van der Waals surface area contributed by atoms with Crippen LogP contribution in [-0.4, -0.2) is 28.4 Å². The Morgan fingerprint density at radius 3 is 2.38 bits per heavy atom. The van der Waals surface area contributed by atoms with Crippen molar-refractivity contribution in [1.82, 2.24) is 14.8 Å². The summed E-state index contributed by atoms with van der Waals surface area (Å²) in [7, 11) is 1.73. The second kappa shape index (κ2) is 4.48. The van der Waals surface area contributed by atoms with E-state index in [0.29, 0.717) is 12.5 Å². The summed E-state index contributed by atoms with van der Waals surface area (Å²) in [6, 6.07) is 0. The maximum Gasteiger partial charge on any atom is 0.451 e. The normalized spacial score (nSPS) is 16.4. The van der Waals surface area contributed by atoms with Crippen molar-refractivity contribution in [3.05, 3.63) is 5.82 Å². The lowest BCUT2D eigenvalue weighted by atomic mass is 10.3. The summed E-state index contributed by atoms with van der Waals surface area (Å²) < 4.78 is 38.7. The van der Waals surface area contributed by atoms with Gasteiger partial charge in [0.1, 0.15) is 0 Å². The van der Waals surface area contributed by atoms with E-state index >= 15 is 0 Å². The summed E-state index contributed by atoms with van der Waals surface area (Å²) in [4.78, 5) is 1.70. The van der Waals surface area contributed by atoms with Gasteiger partial charge in [0.2, 0.25) is 11.8 Å². The second-order valence-corrected chi connectivity index (χ2v) is 3.60. The molecule has 1 aliphatic rings. The lowest BCUT2D eigenvalue weighted by molar-refractivity contribution is -0.147. The van der Waals surface area contributed by atoms with Crippen LogP contribution in [0.25, 0.3) is 0 Å². The molecule has 0 saturated heterocycles. The molecule has 0 amide bonds. The Labute approximate surface area is 96.9 Å². The van der Waals surface area contributed by atoms with Crippen molar-refractivity contribution in [2.75, 3.05) is 18.5 Å². The van der Waals surface area contributed by atoms with Crippen LogP contribution >= 0.6 is 12.4 Å². The fourth-order valence-corrected chi connectivity index (χ4v) is 1.71. The minimum Gasteiger partial charge on any atom is -0.344 e. The summed E-state index contributed by atoms with van der Waals surface area (Å²) in [5.74, 6) is -0.592. The Bertz CT molecular complexity index is 363. The van der Waals surface area contributed by atoms with Gasteiger partial charge in [0.25, 0.3) is 0 Å². The summed E-state index contributed by atoms with van der Waals surface area (Å²) in [5, 5.41) is 6.79. The van der Waals surface area contributed by atoms with E-state index in [-0.39, 0.29) is 12.4 Å². The van der Waals surface area contributed by atoms with Crippen molar-refractivity contribution < 1.29 is 13.2 Å². The van der Waals surface area contributed by atoms with Crippen molar-refractivity contribution >= 4 is 18.4 Å². The summed E-state index contributed by atoms with van der Waals surface area (Å²) >= 11 is 0. The summed E-state index contributed by atoms with van der Waals surface area (Å²) in [5.41, 5.74) is 0. The number of hydrogen-bond acceptors (Lipinski definition) is 3. The number of hydrogen-bond donors (Lipinski definition) is 0. The predicted molar refractivity (Wildman–Crippen MR) is 54.8 cm³/mol. The molecule has 0 aliphatic carbocycles. The van der Waals surface area contributed by atoms with Crippen LogP contribution in [0.4, 0.5) is 19.1 Å². The summed E-state index contributed by atoms with van der Waals surface area (Å²) in [6.45, 7) is 1.05. The zero-order valence-corrected chi connectivity index (χ0v) is 9.48. The first-order chi connectivity index (χ1) is 7.00.